The number of anilines is 1. The number of aryl methyl sites for hydroxylation is 2. The molecule has 3 aromatic rings. The van der Waals surface area contributed by atoms with Gasteiger partial charge in [0, 0.05) is 18.7 Å². The third-order valence-electron chi connectivity index (χ3n) is 4.47. The van der Waals surface area contributed by atoms with Gasteiger partial charge in [0.1, 0.15) is 17.3 Å². The van der Waals surface area contributed by atoms with Crippen molar-refractivity contribution < 1.29 is 0 Å². The van der Waals surface area contributed by atoms with Crippen LogP contribution in [0.1, 0.15) is 30.3 Å². The second-order valence-electron chi connectivity index (χ2n) is 5.93. The quantitative estimate of drug-likeness (QED) is 0.777. The van der Waals surface area contributed by atoms with Crippen LogP contribution in [0.2, 0.25) is 0 Å². The van der Waals surface area contributed by atoms with Gasteiger partial charge in [-0.1, -0.05) is 31.2 Å². The number of nitrogens with zero attached hydrogens (tertiary/aromatic N) is 2. The van der Waals surface area contributed by atoms with E-state index in [0.29, 0.717) is 6.04 Å². The van der Waals surface area contributed by atoms with Gasteiger partial charge in [-0.15, -0.1) is 0 Å². The molecule has 0 aliphatic heterocycles. The minimum Gasteiger partial charge on any atom is -0.366 e. The number of fused-ring (bicyclic) bond motifs is 2. The fourth-order valence-electron chi connectivity index (χ4n) is 3.27. The summed E-state index contributed by atoms with van der Waals surface area (Å²) in [6.45, 7) is 2.09. The highest BCUT2D eigenvalue weighted by molar-refractivity contribution is 5.87. The number of H-pyrrole nitrogens is 1. The molecule has 0 saturated carbocycles. The Labute approximate surface area is 130 Å². The van der Waals surface area contributed by atoms with Crippen molar-refractivity contribution in [2.24, 2.45) is 0 Å². The largest absolute Gasteiger partial charge is 0.366 e. The summed E-state index contributed by atoms with van der Waals surface area (Å²) in [5.41, 5.74) is 3.87. The highest BCUT2D eigenvalue weighted by Crippen LogP contribution is 2.26. The molecule has 0 bridgehead atoms. The van der Waals surface area contributed by atoms with Crippen molar-refractivity contribution in [3.05, 3.63) is 53.5 Å². The second kappa shape index (κ2) is 5.44. The van der Waals surface area contributed by atoms with Gasteiger partial charge in [0.15, 0.2) is 0 Å². The van der Waals surface area contributed by atoms with E-state index >= 15 is 0 Å². The average molecular weight is 292 g/mol. The topological polar surface area (TPSA) is 53.6 Å². The van der Waals surface area contributed by atoms with Crippen molar-refractivity contribution in [2.45, 2.75) is 38.6 Å². The number of aromatic nitrogens is 3. The van der Waals surface area contributed by atoms with E-state index < -0.39 is 0 Å². The first-order valence-electron chi connectivity index (χ1n) is 8.01. The van der Waals surface area contributed by atoms with Crippen LogP contribution >= 0.6 is 0 Å². The molecule has 2 aromatic heterocycles. The molecule has 0 fully saturated rings. The fourth-order valence-corrected chi connectivity index (χ4v) is 3.27. The molecule has 112 valence electrons. The van der Waals surface area contributed by atoms with E-state index in [2.05, 4.69) is 46.5 Å². The third kappa shape index (κ3) is 2.34. The standard InChI is InChI=1S/C18H20N4/c1-2-16-21-17-15(9-10-19-17)18(22-16)20-14-8-7-12-5-3-4-6-13(12)11-14/h3-6,9-10,14H,2,7-8,11H2,1H3,(H2,19,20,21,22). The van der Waals surface area contributed by atoms with Crippen molar-refractivity contribution in [2.75, 3.05) is 5.32 Å². The van der Waals surface area contributed by atoms with Crippen LogP contribution in [-0.4, -0.2) is 21.0 Å². The zero-order valence-electron chi connectivity index (χ0n) is 12.8. The Hall–Kier alpha value is -2.36. The van der Waals surface area contributed by atoms with Gasteiger partial charge >= 0.3 is 0 Å². The van der Waals surface area contributed by atoms with E-state index in [1.54, 1.807) is 0 Å². The summed E-state index contributed by atoms with van der Waals surface area (Å²) in [6.07, 6.45) is 6.12. The van der Waals surface area contributed by atoms with Crippen molar-refractivity contribution in [1.82, 2.24) is 15.0 Å². The monoisotopic (exact) mass is 292 g/mol. The van der Waals surface area contributed by atoms with Gasteiger partial charge in [0.25, 0.3) is 0 Å². The van der Waals surface area contributed by atoms with Gasteiger partial charge in [-0.3, -0.25) is 0 Å². The Bertz CT molecular complexity index is 806. The Morgan fingerprint density at radius 3 is 2.91 bits per heavy atom. The number of aromatic amines is 1. The van der Waals surface area contributed by atoms with Crippen LogP contribution in [0.5, 0.6) is 0 Å². The maximum Gasteiger partial charge on any atom is 0.143 e. The molecular formula is C18H20N4. The Morgan fingerprint density at radius 2 is 2.05 bits per heavy atom. The summed E-state index contributed by atoms with van der Waals surface area (Å²) in [5, 5.41) is 4.73. The van der Waals surface area contributed by atoms with Gasteiger partial charge in [-0.2, -0.15) is 0 Å². The molecule has 2 heterocycles. The predicted molar refractivity (Wildman–Crippen MR) is 89.1 cm³/mol. The number of benzene rings is 1. The van der Waals surface area contributed by atoms with Crippen LogP contribution in [0, 0.1) is 0 Å². The van der Waals surface area contributed by atoms with Crippen LogP contribution in [0.25, 0.3) is 11.0 Å². The number of hydrogen-bond donors (Lipinski definition) is 2. The molecule has 2 N–H and O–H groups in total. The molecule has 22 heavy (non-hydrogen) atoms. The zero-order chi connectivity index (χ0) is 14.9. The van der Waals surface area contributed by atoms with E-state index in [0.717, 1.165) is 48.4 Å². The Morgan fingerprint density at radius 1 is 1.18 bits per heavy atom. The number of nitrogens with one attached hydrogen (secondary N) is 2. The summed E-state index contributed by atoms with van der Waals surface area (Å²) in [7, 11) is 0. The Kier molecular flexibility index (Phi) is 3.29. The molecule has 0 spiro atoms. The molecule has 0 saturated heterocycles. The molecule has 4 rings (SSSR count). The Balaban J connectivity index is 1.63. The van der Waals surface area contributed by atoms with Gasteiger partial charge in [0.05, 0.1) is 5.39 Å². The van der Waals surface area contributed by atoms with Crippen molar-refractivity contribution >= 4 is 16.9 Å². The molecule has 4 nitrogen and oxygen atoms in total. The normalized spacial score (nSPS) is 17.4. The highest BCUT2D eigenvalue weighted by atomic mass is 15.1. The molecule has 1 unspecified atom stereocenters. The fraction of sp³-hybridized carbons (Fsp3) is 0.333. The predicted octanol–water partition coefficient (Wildman–Crippen LogP) is 3.49. The minimum atomic E-state index is 0.438. The average Bonchev–Trinajstić information content (AvgIpc) is 3.03. The molecule has 1 atom stereocenters. The third-order valence-corrected chi connectivity index (χ3v) is 4.47. The van der Waals surface area contributed by atoms with Gasteiger partial charge < -0.3 is 10.3 Å². The van der Waals surface area contributed by atoms with Crippen LogP contribution in [-0.2, 0) is 19.3 Å². The molecule has 1 aromatic carbocycles. The number of rotatable bonds is 3. The lowest BCUT2D eigenvalue weighted by atomic mass is 9.88. The van der Waals surface area contributed by atoms with E-state index in [1.807, 2.05) is 12.3 Å². The lowest BCUT2D eigenvalue weighted by molar-refractivity contribution is 0.609. The van der Waals surface area contributed by atoms with Crippen LogP contribution in [0.15, 0.2) is 36.5 Å². The SMILES string of the molecule is CCc1nc(NC2CCc3ccccc3C2)c2cc[nH]c2n1. The maximum atomic E-state index is 4.70. The van der Waals surface area contributed by atoms with Crippen LogP contribution < -0.4 is 5.32 Å². The van der Waals surface area contributed by atoms with E-state index in [9.17, 15) is 0 Å². The molecule has 1 aliphatic rings. The van der Waals surface area contributed by atoms with Gasteiger partial charge in [0.2, 0.25) is 0 Å². The summed E-state index contributed by atoms with van der Waals surface area (Å²) in [6, 6.07) is 11.2. The van der Waals surface area contributed by atoms with E-state index in [-0.39, 0.29) is 0 Å². The summed E-state index contributed by atoms with van der Waals surface area (Å²) < 4.78 is 0. The van der Waals surface area contributed by atoms with Crippen molar-refractivity contribution in [1.29, 1.82) is 0 Å². The first kappa shape index (κ1) is 13.3. The lowest BCUT2D eigenvalue weighted by Gasteiger charge is -2.26. The van der Waals surface area contributed by atoms with Gasteiger partial charge in [-0.25, -0.2) is 9.97 Å². The molecular weight excluding hydrogens is 272 g/mol. The number of hydrogen-bond acceptors (Lipinski definition) is 3. The summed E-state index contributed by atoms with van der Waals surface area (Å²) in [4.78, 5) is 12.4. The van der Waals surface area contributed by atoms with Crippen LogP contribution in [0.3, 0.4) is 0 Å². The highest BCUT2D eigenvalue weighted by Gasteiger charge is 2.19. The van der Waals surface area contributed by atoms with E-state index in [1.165, 1.54) is 11.1 Å². The van der Waals surface area contributed by atoms with Gasteiger partial charge in [-0.05, 0) is 36.5 Å². The zero-order valence-corrected chi connectivity index (χ0v) is 12.8. The van der Waals surface area contributed by atoms with Crippen LogP contribution in [0.4, 0.5) is 5.82 Å². The summed E-state index contributed by atoms with van der Waals surface area (Å²) in [5.74, 6) is 1.85. The van der Waals surface area contributed by atoms with Crippen molar-refractivity contribution in [3.8, 4) is 0 Å². The first-order chi connectivity index (χ1) is 10.8. The minimum absolute atomic E-state index is 0.438. The van der Waals surface area contributed by atoms with E-state index in [4.69, 9.17) is 4.98 Å². The van der Waals surface area contributed by atoms with Crippen molar-refractivity contribution in [3.63, 3.8) is 0 Å². The molecule has 0 amide bonds. The second-order valence-corrected chi connectivity index (χ2v) is 5.93. The first-order valence-corrected chi connectivity index (χ1v) is 8.01. The molecule has 1 aliphatic carbocycles. The smallest absolute Gasteiger partial charge is 0.143 e. The maximum absolute atomic E-state index is 4.70. The molecule has 0 radical (unpaired) electrons. The lowest BCUT2D eigenvalue weighted by Crippen LogP contribution is -2.28. The molecule has 4 heteroatoms. The summed E-state index contributed by atoms with van der Waals surface area (Å²) >= 11 is 0.